The Morgan fingerprint density at radius 2 is 1.97 bits per heavy atom. The van der Waals surface area contributed by atoms with Gasteiger partial charge in [0, 0.05) is 16.6 Å². The van der Waals surface area contributed by atoms with Crippen molar-refractivity contribution in [2.24, 2.45) is 0 Å². The molecule has 6 nitrogen and oxygen atoms in total. The molecule has 0 saturated carbocycles. The number of fused-ring (bicyclic) bond motifs is 1. The van der Waals surface area contributed by atoms with Gasteiger partial charge in [-0.25, -0.2) is 9.97 Å². The third kappa shape index (κ3) is 4.34. The summed E-state index contributed by atoms with van der Waals surface area (Å²) in [5.74, 6) is 2.38. The summed E-state index contributed by atoms with van der Waals surface area (Å²) in [5, 5.41) is 17.3. The Kier molecular flexibility index (Phi) is 5.64. The normalized spacial score (nSPS) is 11.1. The highest BCUT2D eigenvalue weighted by Crippen LogP contribution is 2.31. The van der Waals surface area contributed by atoms with E-state index in [4.69, 9.17) is 16.0 Å². The first-order valence-corrected chi connectivity index (χ1v) is 9.82. The maximum Gasteiger partial charge on any atom is 0.141 e. The molecule has 2 aromatic carbocycles. The number of anilines is 2. The zero-order valence-corrected chi connectivity index (χ0v) is 16.7. The second kappa shape index (κ2) is 8.51. The molecule has 4 aromatic rings. The first-order chi connectivity index (χ1) is 14.1. The van der Waals surface area contributed by atoms with Crippen molar-refractivity contribution in [1.82, 2.24) is 15.3 Å². The van der Waals surface area contributed by atoms with Crippen molar-refractivity contribution in [2.75, 3.05) is 11.9 Å². The molecule has 29 heavy (non-hydrogen) atoms. The number of nitrogens with one attached hydrogen (secondary N) is 2. The fraction of sp³-hybridized carbons (Fsp3) is 0.182. The van der Waals surface area contributed by atoms with E-state index < -0.39 is 0 Å². The number of benzene rings is 2. The molecule has 0 aliphatic rings. The van der Waals surface area contributed by atoms with Crippen LogP contribution in [0.25, 0.3) is 22.2 Å². The third-order valence-corrected chi connectivity index (χ3v) is 4.82. The Labute approximate surface area is 173 Å². The highest BCUT2D eigenvalue weighted by molar-refractivity contribution is 6.32. The lowest BCUT2D eigenvalue weighted by Crippen LogP contribution is -2.12. The van der Waals surface area contributed by atoms with E-state index in [1.807, 2.05) is 30.3 Å². The molecule has 0 fully saturated rings. The average molecular weight is 409 g/mol. The number of aromatic nitrogens is 2. The van der Waals surface area contributed by atoms with Crippen LogP contribution in [0, 0.1) is 0 Å². The topological polar surface area (TPSA) is 83.2 Å². The summed E-state index contributed by atoms with van der Waals surface area (Å²) in [6.07, 6.45) is 2.59. The molecule has 7 heteroatoms. The molecule has 0 aliphatic carbocycles. The lowest BCUT2D eigenvalue weighted by molar-refractivity contribution is 0.475. The van der Waals surface area contributed by atoms with Gasteiger partial charge in [-0.05, 0) is 61.5 Å². The molecular formula is C22H21ClN4O2. The Balaban J connectivity index is 1.64. The summed E-state index contributed by atoms with van der Waals surface area (Å²) >= 11 is 6.01. The van der Waals surface area contributed by atoms with Crippen LogP contribution in [0.5, 0.6) is 5.75 Å². The zero-order chi connectivity index (χ0) is 20.2. The van der Waals surface area contributed by atoms with Gasteiger partial charge >= 0.3 is 0 Å². The second-order valence-corrected chi connectivity index (χ2v) is 7.10. The lowest BCUT2D eigenvalue weighted by Gasteiger charge is -2.10. The van der Waals surface area contributed by atoms with Crippen LogP contribution in [-0.2, 0) is 6.54 Å². The number of hydrogen-bond acceptors (Lipinski definition) is 6. The van der Waals surface area contributed by atoms with Gasteiger partial charge in [-0.15, -0.1) is 0 Å². The smallest absolute Gasteiger partial charge is 0.141 e. The van der Waals surface area contributed by atoms with Crippen molar-refractivity contribution >= 4 is 34.0 Å². The maximum absolute atomic E-state index is 9.61. The maximum atomic E-state index is 9.61. The van der Waals surface area contributed by atoms with Crippen molar-refractivity contribution in [3.63, 3.8) is 0 Å². The van der Waals surface area contributed by atoms with E-state index in [0.29, 0.717) is 12.4 Å². The minimum Gasteiger partial charge on any atom is -0.506 e. The summed E-state index contributed by atoms with van der Waals surface area (Å²) in [6, 6.07) is 14.8. The fourth-order valence-electron chi connectivity index (χ4n) is 3.05. The zero-order valence-electron chi connectivity index (χ0n) is 15.9. The molecule has 2 aromatic heterocycles. The van der Waals surface area contributed by atoms with Crippen LogP contribution in [-0.4, -0.2) is 21.6 Å². The molecule has 0 unspecified atom stereocenters. The van der Waals surface area contributed by atoms with Crippen LogP contribution in [0.3, 0.4) is 0 Å². The second-order valence-electron chi connectivity index (χ2n) is 6.69. The van der Waals surface area contributed by atoms with E-state index in [2.05, 4.69) is 27.5 Å². The number of phenols is 1. The van der Waals surface area contributed by atoms with Gasteiger partial charge in [-0.1, -0.05) is 18.5 Å². The van der Waals surface area contributed by atoms with Crippen LogP contribution in [0.2, 0.25) is 5.02 Å². The minimum absolute atomic E-state index is 0.0362. The fourth-order valence-corrected chi connectivity index (χ4v) is 3.23. The van der Waals surface area contributed by atoms with Crippen LogP contribution in [0.15, 0.2) is 59.3 Å². The van der Waals surface area contributed by atoms with Crippen molar-refractivity contribution in [3.05, 3.63) is 65.6 Å². The van der Waals surface area contributed by atoms with Gasteiger partial charge in [-0.2, -0.15) is 0 Å². The Bertz CT molecular complexity index is 1140. The van der Waals surface area contributed by atoms with Gasteiger partial charge in [0.05, 0.1) is 17.1 Å². The van der Waals surface area contributed by atoms with E-state index in [9.17, 15) is 5.11 Å². The molecule has 0 saturated heterocycles. The molecule has 3 N–H and O–H groups in total. The number of phenolic OH excluding ortho intramolecular Hbond substituents is 1. The predicted molar refractivity (Wildman–Crippen MR) is 116 cm³/mol. The van der Waals surface area contributed by atoms with Crippen LogP contribution in [0.1, 0.15) is 19.1 Å². The van der Waals surface area contributed by atoms with Crippen LogP contribution in [0.4, 0.5) is 11.5 Å². The van der Waals surface area contributed by atoms with Gasteiger partial charge in [0.2, 0.25) is 0 Å². The van der Waals surface area contributed by atoms with Crippen molar-refractivity contribution in [3.8, 4) is 17.1 Å². The van der Waals surface area contributed by atoms with Gasteiger partial charge in [0.15, 0.2) is 0 Å². The number of aromatic hydroxyl groups is 1. The Hall–Kier alpha value is -3.09. The molecular weight excluding hydrogens is 388 g/mol. The number of nitrogens with zero attached hydrogens (tertiary/aromatic N) is 2. The monoisotopic (exact) mass is 408 g/mol. The molecule has 0 aliphatic heterocycles. The molecule has 0 spiro atoms. The van der Waals surface area contributed by atoms with E-state index in [-0.39, 0.29) is 10.8 Å². The van der Waals surface area contributed by atoms with Gasteiger partial charge < -0.3 is 20.2 Å². The predicted octanol–water partition coefficient (Wildman–Crippen LogP) is 5.49. The summed E-state index contributed by atoms with van der Waals surface area (Å²) < 4.78 is 5.98. The summed E-state index contributed by atoms with van der Waals surface area (Å²) in [6.45, 7) is 3.80. The summed E-state index contributed by atoms with van der Waals surface area (Å²) in [7, 11) is 0. The molecule has 0 amide bonds. The van der Waals surface area contributed by atoms with E-state index in [1.54, 1.807) is 12.1 Å². The average Bonchev–Trinajstić information content (AvgIpc) is 3.20. The summed E-state index contributed by atoms with van der Waals surface area (Å²) in [4.78, 5) is 8.72. The highest BCUT2D eigenvalue weighted by Gasteiger charge is 2.10. The number of halogens is 1. The molecule has 2 heterocycles. The van der Waals surface area contributed by atoms with Gasteiger partial charge in [0.1, 0.15) is 29.4 Å². The molecule has 0 radical (unpaired) electrons. The van der Waals surface area contributed by atoms with E-state index in [0.717, 1.165) is 46.6 Å². The van der Waals surface area contributed by atoms with E-state index in [1.165, 1.54) is 12.4 Å². The largest absolute Gasteiger partial charge is 0.506 e. The first kappa shape index (κ1) is 19.2. The van der Waals surface area contributed by atoms with Crippen molar-refractivity contribution < 1.29 is 9.52 Å². The molecule has 0 atom stereocenters. The molecule has 4 rings (SSSR count). The van der Waals surface area contributed by atoms with E-state index >= 15 is 0 Å². The molecule has 0 bridgehead atoms. The lowest BCUT2D eigenvalue weighted by atomic mass is 10.1. The van der Waals surface area contributed by atoms with Gasteiger partial charge in [-0.3, -0.25) is 0 Å². The summed E-state index contributed by atoms with van der Waals surface area (Å²) in [5.41, 5.74) is 2.48. The first-order valence-electron chi connectivity index (χ1n) is 9.44. The van der Waals surface area contributed by atoms with Crippen molar-refractivity contribution in [1.29, 1.82) is 0 Å². The van der Waals surface area contributed by atoms with Crippen LogP contribution >= 0.6 is 11.6 Å². The van der Waals surface area contributed by atoms with Crippen molar-refractivity contribution in [2.45, 2.75) is 19.9 Å². The number of rotatable bonds is 7. The van der Waals surface area contributed by atoms with Crippen LogP contribution < -0.4 is 10.6 Å². The minimum atomic E-state index is 0.0362. The SMILES string of the molecule is CCCNCc1ccc(-c2ccc3ncnc(Nc4ccc(O)c(Cl)c4)c3c2)o1. The Morgan fingerprint density at radius 1 is 1.07 bits per heavy atom. The highest BCUT2D eigenvalue weighted by atomic mass is 35.5. The number of hydrogen-bond donors (Lipinski definition) is 3. The standard InChI is InChI=1S/C22H21ClN4O2/c1-2-9-24-12-16-5-8-21(29-16)14-3-6-19-17(10-14)22(26-13-25-19)27-15-4-7-20(28)18(23)11-15/h3-8,10-11,13,24,28H,2,9,12H2,1H3,(H,25,26,27). The quantitative estimate of drug-likeness (QED) is 0.277. The van der Waals surface area contributed by atoms with Gasteiger partial charge in [0.25, 0.3) is 0 Å². The molecule has 148 valence electrons. The third-order valence-electron chi connectivity index (χ3n) is 4.52. The Morgan fingerprint density at radius 3 is 2.79 bits per heavy atom. The number of furan rings is 1.